The van der Waals surface area contributed by atoms with Crippen LogP contribution in [0.2, 0.25) is 10.0 Å². The van der Waals surface area contributed by atoms with E-state index in [0.29, 0.717) is 46.8 Å². The van der Waals surface area contributed by atoms with Gasteiger partial charge in [0.1, 0.15) is 22.6 Å². The number of alkyl halides is 3. The first-order valence-electron chi connectivity index (χ1n) is 8.99. The second-order valence-corrected chi connectivity index (χ2v) is 7.90. The molecule has 0 heterocycles. The number of nitrogens with one attached hydrogen (secondary N) is 1. The molecule has 0 atom stereocenters. The van der Waals surface area contributed by atoms with E-state index >= 15 is 0 Å². The zero-order valence-corrected chi connectivity index (χ0v) is 19.0. The lowest BCUT2D eigenvalue weighted by atomic mass is 10.2. The molecule has 0 aliphatic heterocycles. The van der Waals surface area contributed by atoms with Gasteiger partial charge in [-0.3, -0.25) is 0 Å². The molecule has 11 heteroatoms. The van der Waals surface area contributed by atoms with Crippen LogP contribution in [0.1, 0.15) is 12.8 Å². The number of hydrogen-bond acceptors (Lipinski definition) is 4. The van der Waals surface area contributed by atoms with Crippen molar-refractivity contribution < 1.29 is 27.4 Å². The molecule has 0 unspecified atom stereocenters. The predicted molar refractivity (Wildman–Crippen MR) is 118 cm³/mol. The van der Waals surface area contributed by atoms with Crippen LogP contribution in [-0.4, -0.2) is 26.1 Å². The number of unbranched alkanes of at least 4 members (excludes halogenated alkanes) is 1. The second-order valence-electron chi connectivity index (χ2n) is 6.08. The summed E-state index contributed by atoms with van der Waals surface area (Å²) >= 11 is 23.4. The van der Waals surface area contributed by atoms with Crippen molar-refractivity contribution >= 4 is 52.1 Å². The molecule has 0 saturated carbocycles. The SMILES string of the molecule is FC(F)(F)Oc1ccc(NCCCCOc2c(Cl)cc(OCC=C(Cl)Cl)cc2Cl)cc1. The number of rotatable bonds is 11. The Morgan fingerprint density at radius 2 is 1.58 bits per heavy atom. The normalized spacial score (nSPS) is 11.1. The zero-order chi connectivity index (χ0) is 22.9. The summed E-state index contributed by atoms with van der Waals surface area (Å²) in [5.41, 5.74) is 0.683. The lowest BCUT2D eigenvalue weighted by Crippen LogP contribution is -2.17. The van der Waals surface area contributed by atoms with Gasteiger partial charge in [-0.2, -0.15) is 0 Å². The Balaban J connectivity index is 1.71. The van der Waals surface area contributed by atoms with Crippen LogP contribution in [-0.2, 0) is 0 Å². The average molecular weight is 519 g/mol. The van der Waals surface area contributed by atoms with E-state index in [1.54, 1.807) is 12.1 Å². The highest BCUT2D eigenvalue weighted by Crippen LogP contribution is 2.37. The van der Waals surface area contributed by atoms with Crippen LogP contribution >= 0.6 is 46.4 Å². The van der Waals surface area contributed by atoms with Crippen molar-refractivity contribution in [2.75, 3.05) is 25.1 Å². The van der Waals surface area contributed by atoms with Gasteiger partial charge in [0.15, 0.2) is 5.75 Å². The highest BCUT2D eigenvalue weighted by molar-refractivity contribution is 6.55. The third kappa shape index (κ3) is 9.99. The number of hydrogen-bond donors (Lipinski definition) is 1. The minimum atomic E-state index is -4.70. The number of ether oxygens (including phenoxy) is 3. The molecule has 0 aliphatic rings. The van der Waals surface area contributed by atoms with Crippen LogP contribution in [0.4, 0.5) is 18.9 Å². The van der Waals surface area contributed by atoms with Crippen molar-refractivity contribution in [2.24, 2.45) is 0 Å². The van der Waals surface area contributed by atoms with Crippen molar-refractivity contribution in [1.82, 2.24) is 0 Å². The van der Waals surface area contributed by atoms with Crippen molar-refractivity contribution in [2.45, 2.75) is 19.2 Å². The Morgan fingerprint density at radius 3 is 2.16 bits per heavy atom. The molecular formula is C20H18Cl4F3NO3. The standard InChI is InChI=1S/C20H18Cl4F3NO3/c21-16-11-15(29-10-7-18(23)24)12-17(22)19(16)30-9-2-1-8-28-13-3-5-14(6-4-13)31-20(25,26)27/h3-7,11-12,28H,1-2,8-10H2. The Hall–Kier alpha value is -1.67. The molecule has 0 amide bonds. The molecule has 0 radical (unpaired) electrons. The first-order valence-corrected chi connectivity index (χ1v) is 10.5. The Morgan fingerprint density at radius 1 is 0.935 bits per heavy atom. The maximum atomic E-state index is 12.1. The van der Waals surface area contributed by atoms with E-state index in [9.17, 15) is 13.2 Å². The van der Waals surface area contributed by atoms with Gasteiger partial charge >= 0.3 is 6.36 Å². The highest BCUT2D eigenvalue weighted by atomic mass is 35.5. The van der Waals surface area contributed by atoms with Gasteiger partial charge in [0.2, 0.25) is 0 Å². The molecule has 0 bridgehead atoms. The molecular weight excluding hydrogens is 501 g/mol. The van der Waals surface area contributed by atoms with E-state index < -0.39 is 6.36 Å². The van der Waals surface area contributed by atoms with Crippen LogP contribution in [0.25, 0.3) is 0 Å². The molecule has 1 N–H and O–H groups in total. The van der Waals surface area contributed by atoms with E-state index in [-0.39, 0.29) is 16.8 Å². The fourth-order valence-electron chi connectivity index (χ4n) is 2.37. The Kier molecular flexibility index (Phi) is 10.2. The summed E-state index contributed by atoms with van der Waals surface area (Å²) in [6.45, 7) is 1.15. The van der Waals surface area contributed by atoms with Gasteiger partial charge in [-0.1, -0.05) is 46.4 Å². The summed E-state index contributed by atoms with van der Waals surface area (Å²) in [4.78, 5) is 0. The van der Waals surface area contributed by atoms with Gasteiger partial charge in [-0.25, -0.2) is 0 Å². The zero-order valence-electron chi connectivity index (χ0n) is 15.9. The lowest BCUT2D eigenvalue weighted by Gasteiger charge is -2.13. The predicted octanol–water partition coefficient (Wildman–Crippen LogP) is 7.86. The summed E-state index contributed by atoms with van der Waals surface area (Å²) < 4.78 is 51.4. The molecule has 2 aromatic carbocycles. The van der Waals surface area contributed by atoms with E-state index in [0.717, 1.165) is 6.42 Å². The third-order valence-electron chi connectivity index (χ3n) is 3.69. The van der Waals surface area contributed by atoms with Gasteiger partial charge in [0.25, 0.3) is 0 Å². The fourth-order valence-corrected chi connectivity index (χ4v) is 3.07. The second kappa shape index (κ2) is 12.4. The fraction of sp³-hybridized carbons (Fsp3) is 0.300. The van der Waals surface area contributed by atoms with Gasteiger partial charge in [0.05, 0.1) is 16.7 Å². The molecule has 0 aromatic heterocycles. The molecule has 2 rings (SSSR count). The first kappa shape index (κ1) is 25.6. The van der Waals surface area contributed by atoms with E-state index in [4.69, 9.17) is 55.9 Å². The number of halogens is 7. The number of benzene rings is 2. The Labute approximate surface area is 197 Å². The number of anilines is 1. The van der Waals surface area contributed by atoms with E-state index in [1.807, 2.05) is 0 Å². The molecule has 170 valence electrons. The maximum Gasteiger partial charge on any atom is 0.573 e. The van der Waals surface area contributed by atoms with Crippen LogP contribution in [0.3, 0.4) is 0 Å². The minimum absolute atomic E-state index is 0.0964. The highest BCUT2D eigenvalue weighted by Gasteiger charge is 2.30. The minimum Gasteiger partial charge on any atom is -0.490 e. The maximum absolute atomic E-state index is 12.1. The van der Waals surface area contributed by atoms with Crippen molar-refractivity contribution in [1.29, 1.82) is 0 Å². The molecule has 0 fully saturated rings. The topological polar surface area (TPSA) is 39.7 Å². The summed E-state index contributed by atoms with van der Waals surface area (Å²) in [7, 11) is 0. The van der Waals surface area contributed by atoms with Crippen molar-refractivity contribution in [3.8, 4) is 17.2 Å². The summed E-state index contributed by atoms with van der Waals surface area (Å²) in [6.07, 6.45) is -1.77. The van der Waals surface area contributed by atoms with Crippen molar-refractivity contribution in [3.05, 3.63) is 57.0 Å². The smallest absolute Gasteiger partial charge is 0.490 e. The summed E-state index contributed by atoms with van der Waals surface area (Å²) in [6, 6.07) is 8.67. The first-order chi connectivity index (χ1) is 14.6. The van der Waals surface area contributed by atoms with E-state index in [1.165, 1.54) is 30.3 Å². The van der Waals surface area contributed by atoms with Crippen LogP contribution in [0.5, 0.6) is 17.2 Å². The molecule has 31 heavy (non-hydrogen) atoms. The lowest BCUT2D eigenvalue weighted by molar-refractivity contribution is -0.274. The summed E-state index contributed by atoms with van der Waals surface area (Å²) in [5.74, 6) is 0.537. The summed E-state index contributed by atoms with van der Waals surface area (Å²) in [5, 5.41) is 3.72. The van der Waals surface area contributed by atoms with Crippen LogP contribution in [0, 0.1) is 0 Å². The van der Waals surface area contributed by atoms with Crippen LogP contribution < -0.4 is 19.5 Å². The van der Waals surface area contributed by atoms with Gasteiger partial charge in [-0.05, 0) is 43.2 Å². The molecule has 0 saturated heterocycles. The molecule has 4 nitrogen and oxygen atoms in total. The molecule has 0 aliphatic carbocycles. The largest absolute Gasteiger partial charge is 0.573 e. The molecule has 2 aromatic rings. The van der Waals surface area contributed by atoms with Gasteiger partial charge in [0, 0.05) is 24.4 Å². The Bertz CT molecular complexity index is 850. The molecule has 0 spiro atoms. The van der Waals surface area contributed by atoms with E-state index in [2.05, 4.69) is 10.1 Å². The van der Waals surface area contributed by atoms with Gasteiger partial charge in [-0.15, -0.1) is 13.2 Å². The quantitative estimate of drug-likeness (QED) is 0.307. The monoisotopic (exact) mass is 517 g/mol. The van der Waals surface area contributed by atoms with Crippen molar-refractivity contribution in [3.63, 3.8) is 0 Å². The third-order valence-corrected chi connectivity index (χ3v) is 4.56. The average Bonchev–Trinajstić information content (AvgIpc) is 2.66. The van der Waals surface area contributed by atoms with Crippen LogP contribution in [0.15, 0.2) is 47.0 Å². The van der Waals surface area contributed by atoms with Gasteiger partial charge < -0.3 is 19.5 Å².